The molecule has 0 saturated heterocycles. The Morgan fingerprint density at radius 1 is 1.10 bits per heavy atom. The first-order valence-electron chi connectivity index (χ1n) is 8.16. The van der Waals surface area contributed by atoms with Crippen LogP contribution < -0.4 is 0 Å². The Morgan fingerprint density at radius 2 is 1.85 bits per heavy atom. The Kier molecular flexibility index (Phi) is 4.11. The fourth-order valence-corrected chi connectivity index (χ4v) is 3.84. The lowest BCUT2D eigenvalue weighted by Gasteiger charge is -2.29. The van der Waals surface area contributed by atoms with Crippen LogP contribution in [0.2, 0.25) is 0 Å². The van der Waals surface area contributed by atoms with Gasteiger partial charge in [0.2, 0.25) is 5.89 Å². The molecule has 2 saturated carbocycles. The van der Waals surface area contributed by atoms with E-state index < -0.39 is 0 Å². The van der Waals surface area contributed by atoms with Crippen LogP contribution in [0.15, 0.2) is 4.52 Å². The van der Waals surface area contributed by atoms with Crippen LogP contribution in [0.1, 0.15) is 82.3 Å². The van der Waals surface area contributed by atoms with Crippen LogP contribution >= 0.6 is 0 Å². The predicted octanol–water partition coefficient (Wildman–Crippen LogP) is 3.63. The van der Waals surface area contributed by atoms with Gasteiger partial charge in [0.1, 0.15) is 0 Å². The summed E-state index contributed by atoms with van der Waals surface area (Å²) in [7, 11) is 0. The Bertz CT molecular complexity index is 435. The van der Waals surface area contributed by atoms with Crippen LogP contribution in [0.25, 0.3) is 0 Å². The normalized spacial score (nSPS) is 34.8. The van der Waals surface area contributed by atoms with Gasteiger partial charge in [0.15, 0.2) is 5.82 Å². The van der Waals surface area contributed by atoms with Gasteiger partial charge in [-0.2, -0.15) is 4.98 Å². The van der Waals surface area contributed by atoms with Crippen molar-refractivity contribution >= 4 is 0 Å². The Hall–Kier alpha value is -0.900. The molecule has 1 N–H and O–H groups in total. The van der Waals surface area contributed by atoms with Gasteiger partial charge in [-0.3, -0.25) is 0 Å². The Labute approximate surface area is 121 Å². The van der Waals surface area contributed by atoms with E-state index in [1.165, 1.54) is 25.7 Å². The molecule has 2 aliphatic carbocycles. The van der Waals surface area contributed by atoms with Crippen molar-refractivity contribution in [3.8, 4) is 0 Å². The third-order valence-electron chi connectivity index (χ3n) is 5.33. The molecule has 1 aromatic rings. The Morgan fingerprint density at radius 3 is 2.45 bits per heavy atom. The van der Waals surface area contributed by atoms with Gasteiger partial charge in [0.25, 0.3) is 0 Å². The molecular weight excluding hydrogens is 252 g/mol. The third kappa shape index (κ3) is 2.76. The summed E-state index contributed by atoms with van der Waals surface area (Å²) < 4.78 is 5.43. The summed E-state index contributed by atoms with van der Waals surface area (Å²) in [5.41, 5.74) is 0. The smallest absolute Gasteiger partial charge is 0.232 e. The van der Waals surface area contributed by atoms with Crippen LogP contribution in [-0.4, -0.2) is 21.4 Å². The van der Waals surface area contributed by atoms with Crippen LogP contribution in [0.4, 0.5) is 0 Å². The summed E-state index contributed by atoms with van der Waals surface area (Å²) in [5, 5.41) is 14.1. The fourth-order valence-electron chi connectivity index (χ4n) is 3.84. The van der Waals surface area contributed by atoms with E-state index in [1.54, 1.807) is 0 Å². The van der Waals surface area contributed by atoms with Gasteiger partial charge in [0, 0.05) is 5.92 Å². The zero-order valence-corrected chi connectivity index (χ0v) is 12.6. The summed E-state index contributed by atoms with van der Waals surface area (Å²) in [6, 6.07) is 0. The van der Waals surface area contributed by atoms with Crippen molar-refractivity contribution in [2.24, 2.45) is 11.8 Å². The second-order valence-corrected chi connectivity index (χ2v) is 6.95. The van der Waals surface area contributed by atoms with Gasteiger partial charge in [-0.15, -0.1) is 0 Å². The first-order valence-corrected chi connectivity index (χ1v) is 8.16. The molecule has 0 aromatic carbocycles. The first kappa shape index (κ1) is 14.1. The highest BCUT2D eigenvalue weighted by Gasteiger charge is 2.33. The van der Waals surface area contributed by atoms with Gasteiger partial charge in [-0.1, -0.05) is 19.0 Å². The standard InChI is InChI=1S/C16H26N2O2/c1-10(2)11-6-8-12(9-7-11)15-17-16(20-18-15)13-4-3-5-14(13)19/h10-14,19H,3-9H2,1-2H3. The molecule has 2 aliphatic rings. The first-order chi connectivity index (χ1) is 9.65. The van der Waals surface area contributed by atoms with Crippen molar-refractivity contribution in [1.82, 2.24) is 10.1 Å². The van der Waals surface area contributed by atoms with E-state index in [0.717, 1.165) is 36.9 Å². The molecule has 20 heavy (non-hydrogen) atoms. The summed E-state index contributed by atoms with van der Waals surface area (Å²) >= 11 is 0. The molecule has 112 valence electrons. The maximum atomic E-state index is 9.93. The SMILES string of the molecule is CC(C)C1CCC(c2noc(C3CCCC3O)n2)CC1. The largest absolute Gasteiger partial charge is 0.392 e. The number of aliphatic hydroxyl groups is 1. The lowest BCUT2D eigenvalue weighted by molar-refractivity contribution is 0.148. The van der Waals surface area contributed by atoms with Crippen molar-refractivity contribution < 1.29 is 9.63 Å². The molecule has 0 radical (unpaired) electrons. The zero-order valence-electron chi connectivity index (χ0n) is 12.6. The highest BCUT2D eigenvalue weighted by atomic mass is 16.5. The molecule has 0 bridgehead atoms. The van der Waals surface area contributed by atoms with E-state index in [0.29, 0.717) is 11.8 Å². The van der Waals surface area contributed by atoms with Crippen molar-refractivity contribution in [3.05, 3.63) is 11.7 Å². The maximum Gasteiger partial charge on any atom is 0.232 e. The number of rotatable bonds is 3. The lowest BCUT2D eigenvalue weighted by atomic mass is 9.77. The second kappa shape index (κ2) is 5.84. The quantitative estimate of drug-likeness (QED) is 0.917. The lowest BCUT2D eigenvalue weighted by Crippen LogP contribution is -2.18. The van der Waals surface area contributed by atoms with E-state index in [9.17, 15) is 5.11 Å². The monoisotopic (exact) mass is 278 g/mol. The molecule has 3 rings (SSSR count). The zero-order chi connectivity index (χ0) is 14.1. The summed E-state index contributed by atoms with van der Waals surface area (Å²) in [6.07, 6.45) is 7.51. The number of nitrogens with zero attached hydrogens (tertiary/aromatic N) is 2. The minimum Gasteiger partial charge on any atom is -0.392 e. The summed E-state index contributed by atoms with van der Waals surface area (Å²) in [5.74, 6) is 3.71. The van der Waals surface area contributed by atoms with Gasteiger partial charge in [-0.25, -0.2) is 0 Å². The molecule has 2 atom stereocenters. The number of aliphatic hydroxyl groups excluding tert-OH is 1. The number of aromatic nitrogens is 2. The minimum absolute atomic E-state index is 0.0725. The molecule has 4 heteroatoms. The topological polar surface area (TPSA) is 59.2 Å². The van der Waals surface area contributed by atoms with Crippen LogP contribution in [0.3, 0.4) is 0 Å². The van der Waals surface area contributed by atoms with Gasteiger partial charge < -0.3 is 9.63 Å². The van der Waals surface area contributed by atoms with Crippen molar-refractivity contribution in [3.63, 3.8) is 0 Å². The van der Waals surface area contributed by atoms with Gasteiger partial charge in [-0.05, 0) is 56.8 Å². The van der Waals surface area contributed by atoms with E-state index in [1.807, 2.05) is 0 Å². The van der Waals surface area contributed by atoms with Crippen molar-refractivity contribution in [2.45, 2.75) is 76.7 Å². The molecular formula is C16H26N2O2. The summed E-state index contributed by atoms with van der Waals surface area (Å²) in [4.78, 5) is 4.60. The van der Waals surface area contributed by atoms with E-state index in [2.05, 4.69) is 24.0 Å². The molecule has 0 spiro atoms. The summed E-state index contributed by atoms with van der Waals surface area (Å²) in [6.45, 7) is 4.64. The minimum atomic E-state index is -0.292. The van der Waals surface area contributed by atoms with Gasteiger partial charge >= 0.3 is 0 Å². The highest BCUT2D eigenvalue weighted by Crippen LogP contribution is 2.39. The molecule has 0 aliphatic heterocycles. The average Bonchev–Trinajstić information content (AvgIpc) is 3.07. The maximum absolute atomic E-state index is 9.93. The Balaban J connectivity index is 1.63. The van der Waals surface area contributed by atoms with Gasteiger partial charge in [0.05, 0.1) is 12.0 Å². The average molecular weight is 278 g/mol. The molecule has 4 nitrogen and oxygen atoms in total. The fraction of sp³-hybridized carbons (Fsp3) is 0.875. The van der Waals surface area contributed by atoms with E-state index in [-0.39, 0.29) is 12.0 Å². The molecule has 2 unspecified atom stereocenters. The third-order valence-corrected chi connectivity index (χ3v) is 5.33. The predicted molar refractivity (Wildman–Crippen MR) is 76.4 cm³/mol. The number of hydrogen-bond acceptors (Lipinski definition) is 4. The van der Waals surface area contributed by atoms with E-state index in [4.69, 9.17) is 4.52 Å². The number of hydrogen-bond donors (Lipinski definition) is 1. The molecule has 1 aromatic heterocycles. The van der Waals surface area contributed by atoms with E-state index >= 15 is 0 Å². The molecule has 2 fully saturated rings. The van der Waals surface area contributed by atoms with Crippen LogP contribution in [0.5, 0.6) is 0 Å². The van der Waals surface area contributed by atoms with Crippen molar-refractivity contribution in [1.29, 1.82) is 0 Å². The second-order valence-electron chi connectivity index (χ2n) is 6.95. The van der Waals surface area contributed by atoms with Crippen LogP contribution in [-0.2, 0) is 0 Å². The van der Waals surface area contributed by atoms with Crippen LogP contribution in [0, 0.1) is 11.8 Å². The highest BCUT2D eigenvalue weighted by molar-refractivity contribution is 5.04. The molecule has 1 heterocycles. The molecule has 0 amide bonds. The van der Waals surface area contributed by atoms with Crippen molar-refractivity contribution in [2.75, 3.05) is 0 Å².